The molecule has 24 heavy (non-hydrogen) atoms. The van der Waals surface area contributed by atoms with Crippen LogP contribution in [0, 0.1) is 6.92 Å². The molecule has 0 radical (unpaired) electrons. The molecule has 4 rings (SSSR count). The fourth-order valence-electron chi connectivity index (χ4n) is 3.14. The van der Waals surface area contributed by atoms with E-state index in [1.165, 1.54) is 0 Å². The number of amides is 1. The van der Waals surface area contributed by atoms with Crippen LogP contribution >= 0.6 is 0 Å². The molecule has 0 bridgehead atoms. The number of aromatic nitrogens is 5. The summed E-state index contributed by atoms with van der Waals surface area (Å²) in [6.45, 7) is 3.78. The minimum absolute atomic E-state index is 0.0248. The summed E-state index contributed by atoms with van der Waals surface area (Å²) in [6.07, 6.45) is 3.52. The van der Waals surface area contributed by atoms with Gasteiger partial charge in [0, 0.05) is 25.5 Å². The zero-order valence-electron chi connectivity index (χ0n) is 13.4. The van der Waals surface area contributed by atoms with Gasteiger partial charge in [0.1, 0.15) is 5.82 Å². The van der Waals surface area contributed by atoms with Crippen LogP contribution in [0.5, 0.6) is 0 Å². The number of carbonyl (C=O) groups excluding carboxylic acids is 1. The van der Waals surface area contributed by atoms with Crippen molar-refractivity contribution in [3.05, 3.63) is 66.0 Å². The molecule has 1 aliphatic heterocycles. The van der Waals surface area contributed by atoms with Gasteiger partial charge in [-0.2, -0.15) is 5.10 Å². The van der Waals surface area contributed by atoms with Gasteiger partial charge in [0.05, 0.1) is 6.54 Å². The fourth-order valence-corrected chi connectivity index (χ4v) is 3.14. The predicted molar refractivity (Wildman–Crippen MR) is 87.0 cm³/mol. The lowest BCUT2D eigenvalue weighted by Crippen LogP contribution is -2.43. The Labute approximate surface area is 139 Å². The molecule has 2 aromatic heterocycles. The van der Waals surface area contributed by atoms with Gasteiger partial charge >= 0.3 is 0 Å². The summed E-state index contributed by atoms with van der Waals surface area (Å²) < 4.78 is 3.78. The average molecular weight is 322 g/mol. The fraction of sp³-hybridized carbons (Fsp3) is 0.294. The highest BCUT2D eigenvalue weighted by molar-refractivity contribution is 5.83. The summed E-state index contributed by atoms with van der Waals surface area (Å²) in [4.78, 5) is 15.1. The Kier molecular flexibility index (Phi) is 3.60. The highest BCUT2D eigenvalue weighted by Gasteiger charge is 2.31. The maximum Gasteiger partial charge on any atom is 0.252 e. The Morgan fingerprint density at radius 3 is 2.71 bits per heavy atom. The smallest absolute Gasteiger partial charge is 0.252 e. The molecular weight excluding hydrogens is 304 g/mol. The van der Waals surface area contributed by atoms with E-state index in [0.717, 1.165) is 23.8 Å². The molecular formula is C17H18N6O. The third-order valence-electron chi connectivity index (χ3n) is 4.39. The molecule has 1 atom stereocenters. The molecule has 122 valence electrons. The summed E-state index contributed by atoms with van der Waals surface area (Å²) in [6, 6.07) is 11.1. The Balaban J connectivity index is 1.65. The normalized spacial score (nSPS) is 15.1. The molecule has 1 aromatic carbocycles. The third kappa shape index (κ3) is 2.47. The lowest BCUT2D eigenvalue weighted by Gasteiger charge is -2.31. The molecule has 0 saturated heterocycles. The summed E-state index contributed by atoms with van der Waals surface area (Å²) >= 11 is 0. The van der Waals surface area contributed by atoms with Crippen LogP contribution in [-0.4, -0.2) is 41.9 Å². The SMILES string of the molecule is Cc1nnc2n1CCN(C(=O)[C@@H](c1ccccc1)n1cccn1)C2. The quantitative estimate of drug-likeness (QED) is 0.731. The van der Waals surface area contributed by atoms with Gasteiger partial charge in [-0.1, -0.05) is 30.3 Å². The number of rotatable bonds is 3. The molecule has 1 aliphatic rings. The summed E-state index contributed by atoms with van der Waals surface area (Å²) in [5, 5.41) is 12.6. The Bertz CT molecular complexity index is 839. The summed E-state index contributed by atoms with van der Waals surface area (Å²) in [5.41, 5.74) is 0.925. The monoisotopic (exact) mass is 322 g/mol. The first-order valence-electron chi connectivity index (χ1n) is 7.95. The van der Waals surface area contributed by atoms with Gasteiger partial charge in [0.25, 0.3) is 5.91 Å². The van der Waals surface area contributed by atoms with Gasteiger partial charge in [-0.05, 0) is 18.6 Å². The number of benzene rings is 1. The maximum absolute atomic E-state index is 13.2. The molecule has 0 aliphatic carbocycles. The summed E-state index contributed by atoms with van der Waals surface area (Å²) in [7, 11) is 0. The van der Waals surface area contributed by atoms with Crippen molar-refractivity contribution in [2.75, 3.05) is 6.54 Å². The van der Waals surface area contributed by atoms with Crippen LogP contribution in [0.4, 0.5) is 0 Å². The van der Waals surface area contributed by atoms with Gasteiger partial charge in [0.15, 0.2) is 11.9 Å². The number of fused-ring (bicyclic) bond motifs is 1. The van der Waals surface area contributed by atoms with Crippen molar-refractivity contribution < 1.29 is 4.79 Å². The molecule has 7 heteroatoms. The van der Waals surface area contributed by atoms with E-state index in [9.17, 15) is 4.79 Å². The van der Waals surface area contributed by atoms with Crippen LogP contribution in [0.1, 0.15) is 23.3 Å². The van der Waals surface area contributed by atoms with Crippen LogP contribution in [-0.2, 0) is 17.9 Å². The zero-order chi connectivity index (χ0) is 16.5. The number of hydrogen-bond donors (Lipinski definition) is 0. The highest BCUT2D eigenvalue weighted by atomic mass is 16.2. The second-order valence-corrected chi connectivity index (χ2v) is 5.87. The van der Waals surface area contributed by atoms with E-state index >= 15 is 0 Å². The first kappa shape index (κ1) is 14.6. The van der Waals surface area contributed by atoms with Crippen molar-refractivity contribution in [3.8, 4) is 0 Å². The van der Waals surface area contributed by atoms with E-state index in [1.807, 2.05) is 54.4 Å². The topological polar surface area (TPSA) is 68.8 Å². The van der Waals surface area contributed by atoms with Crippen molar-refractivity contribution in [1.82, 2.24) is 29.4 Å². The molecule has 0 saturated carbocycles. The van der Waals surface area contributed by atoms with E-state index in [4.69, 9.17) is 0 Å². The largest absolute Gasteiger partial charge is 0.331 e. The Morgan fingerprint density at radius 1 is 1.12 bits per heavy atom. The van der Waals surface area contributed by atoms with Gasteiger partial charge in [-0.15, -0.1) is 10.2 Å². The van der Waals surface area contributed by atoms with Crippen molar-refractivity contribution in [2.24, 2.45) is 0 Å². The zero-order valence-corrected chi connectivity index (χ0v) is 13.4. The molecule has 0 unspecified atom stereocenters. The van der Waals surface area contributed by atoms with Gasteiger partial charge in [-0.3, -0.25) is 9.48 Å². The standard InChI is InChI=1S/C17H18N6O/c1-13-19-20-15-12-21(10-11-22(13)15)17(24)16(23-9-5-8-18-23)14-6-3-2-4-7-14/h2-9,16H,10-12H2,1H3/t16-/m1/s1. The van der Waals surface area contributed by atoms with Gasteiger partial charge in [-0.25, -0.2) is 0 Å². The van der Waals surface area contributed by atoms with Crippen LogP contribution in [0.25, 0.3) is 0 Å². The number of aryl methyl sites for hydroxylation is 1. The molecule has 0 N–H and O–H groups in total. The minimum atomic E-state index is -0.461. The molecule has 3 heterocycles. The van der Waals surface area contributed by atoms with E-state index in [0.29, 0.717) is 13.1 Å². The first-order valence-corrected chi connectivity index (χ1v) is 7.95. The predicted octanol–water partition coefficient (Wildman–Crippen LogP) is 1.41. The van der Waals surface area contributed by atoms with Gasteiger partial charge < -0.3 is 9.47 Å². The van der Waals surface area contributed by atoms with E-state index < -0.39 is 6.04 Å². The molecule has 3 aromatic rings. The lowest BCUT2D eigenvalue weighted by atomic mass is 10.1. The van der Waals surface area contributed by atoms with E-state index in [1.54, 1.807) is 10.9 Å². The average Bonchev–Trinajstić information content (AvgIpc) is 3.26. The van der Waals surface area contributed by atoms with E-state index in [-0.39, 0.29) is 5.91 Å². The number of nitrogens with zero attached hydrogens (tertiary/aromatic N) is 6. The minimum Gasteiger partial charge on any atom is -0.331 e. The molecule has 0 spiro atoms. The lowest BCUT2D eigenvalue weighted by molar-refractivity contribution is -0.135. The van der Waals surface area contributed by atoms with E-state index in [2.05, 4.69) is 19.9 Å². The molecule has 7 nitrogen and oxygen atoms in total. The molecule has 0 fully saturated rings. The third-order valence-corrected chi connectivity index (χ3v) is 4.39. The van der Waals surface area contributed by atoms with Crippen molar-refractivity contribution in [1.29, 1.82) is 0 Å². The van der Waals surface area contributed by atoms with Crippen LogP contribution in [0.3, 0.4) is 0 Å². The van der Waals surface area contributed by atoms with Crippen LogP contribution in [0.15, 0.2) is 48.8 Å². The summed E-state index contributed by atoms with van der Waals surface area (Å²) in [5.74, 6) is 1.75. The van der Waals surface area contributed by atoms with Crippen LogP contribution < -0.4 is 0 Å². The van der Waals surface area contributed by atoms with Crippen LogP contribution in [0.2, 0.25) is 0 Å². The van der Waals surface area contributed by atoms with Gasteiger partial charge in [0.2, 0.25) is 0 Å². The Hall–Kier alpha value is -2.96. The van der Waals surface area contributed by atoms with Crippen molar-refractivity contribution in [3.63, 3.8) is 0 Å². The van der Waals surface area contributed by atoms with Crippen molar-refractivity contribution in [2.45, 2.75) is 26.1 Å². The maximum atomic E-state index is 13.2. The van der Waals surface area contributed by atoms with Crippen molar-refractivity contribution >= 4 is 5.91 Å². The second-order valence-electron chi connectivity index (χ2n) is 5.87. The second kappa shape index (κ2) is 5.92. The Morgan fingerprint density at radius 2 is 1.96 bits per heavy atom. The molecule has 1 amide bonds. The highest BCUT2D eigenvalue weighted by Crippen LogP contribution is 2.23. The number of carbonyl (C=O) groups is 1. The number of hydrogen-bond acceptors (Lipinski definition) is 4. The first-order chi connectivity index (χ1) is 11.7.